The van der Waals surface area contributed by atoms with E-state index in [1.165, 1.54) is 22.7 Å². The standard InChI is InChI=1S/C37H32O5S3/c1-4-25-21-30(13-14-32(25)42-22-37(40)41)43-20-19-31(26-5-9-28(10-6-26)35-17-15-33(44-35)23(2)38)27-7-11-29(12-8-27)36-18-16-34(45-36)24(3)39/h5-19,21H,4,20,22H2,1-3H3,(H,40,41). The van der Waals surface area contributed by atoms with Gasteiger partial charge < -0.3 is 9.84 Å². The quantitative estimate of drug-likeness (QED) is 0.101. The smallest absolute Gasteiger partial charge is 0.341 e. The molecular weight excluding hydrogens is 621 g/mol. The van der Waals surface area contributed by atoms with Gasteiger partial charge in [0.1, 0.15) is 5.75 Å². The molecule has 2 heterocycles. The molecule has 0 radical (unpaired) electrons. The molecule has 45 heavy (non-hydrogen) atoms. The van der Waals surface area contributed by atoms with Crippen LogP contribution < -0.4 is 4.74 Å². The number of carboxylic acid groups (broad SMARTS) is 1. The Morgan fingerprint density at radius 2 is 1.29 bits per heavy atom. The number of ether oxygens (including phenoxy) is 1. The third-order valence-electron chi connectivity index (χ3n) is 7.17. The highest BCUT2D eigenvalue weighted by molar-refractivity contribution is 7.99. The van der Waals surface area contributed by atoms with Crippen LogP contribution in [-0.4, -0.2) is 35.0 Å². The third kappa shape index (κ3) is 8.08. The highest BCUT2D eigenvalue weighted by Crippen LogP contribution is 2.34. The molecule has 0 unspecified atom stereocenters. The molecule has 8 heteroatoms. The second kappa shape index (κ2) is 14.7. The van der Waals surface area contributed by atoms with Crippen LogP contribution in [0.2, 0.25) is 0 Å². The van der Waals surface area contributed by atoms with Gasteiger partial charge in [-0.25, -0.2) is 4.79 Å². The predicted molar refractivity (Wildman–Crippen MR) is 186 cm³/mol. The lowest BCUT2D eigenvalue weighted by molar-refractivity contribution is -0.139. The molecule has 5 rings (SSSR count). The van der Waals surface area contributed by atoms with E-state index in [4.69, 9.17) is 9.84 Å². The third-order valence-corrected chi connectivity index (χ3v) is 10.6. The average Bonchev–Trinajstić information content (AvgIpc) is 3.74. The molecule has 1 N–H and O–H groups in total. The first-order valence-corrected chi connectivity index (χ1v) is 17.1. The number of carboxylic acids is 1. The van der Waals surface area contributed by atoms with Crippen molar-refractivity contribution in [2.24, 2.45) is 0 Å². The minimum Gasteiger partial charge on any atom is -0.482 e. The molecule has 0 aliphatic rings. The number of thioether (sulfide) groups is 1. The first-order chi connectivity index (χ1) is 21.7. The van der Waals surface area contributed by atoms with Crippen molar-refractivity contribution in [2.45, 2.75) is 32.1 Å². The first kappa shape index (κ1) is 32.2. The summed E-state index contributed by atoms with van der Waals surface area (Å²) in [5.41, 5.74) is 6.37. The second-order valence-corrected chi connectivity index (χ2v) is 13.6. The molecule has 228 valence electrons. The van der Waals surface area contributed by atoms with E-state index in [0.717, 1.165) is 70.0 Å². The Balaban J connectivity index is 1.42. The van der Waals surface area contributed by atoms with E-state index >= 15 is 0 Å². The SMILES string of the molecule is CCc1cc(SCC=C(c2ccc(-c3ccc(C(C)=O)s3)cc2)c2ccc(-c3ccc(C(C)=O)s3)cc2)ccc1OCC(=O)O. The maximum absolute atomic E-state index is 11.8. The monoisotopic (exact) mass is 652 g/mol. The topological polar surface area (TPSA) is 80.7 Å². The van der Waals surface area contributed by atoms with Gasteiger partial charge in [0.2, 0.25) is 0 Å². The maximum Gasteiger partial charge on any atom is 0.341 e. The number of carbonyl (C=O) groups is 3. The Kier molecular flexibility index (Phi) is 10.5. The van der Waals surface area contributed by atoms with Crippen molar-refractivity contribution < 1.29 is 24.2 Å². The van der Waals surface area contributed by atoms with E-state index in [1.807, 2.05) is 43.3 Å². The summed E-state index contributed by atoms with van der Waals surface area (Å²) in [6, 6.07) is 30.5. The van der Waals surface area contributed by atoms with E-state index in [0.29, 0.717) is 5.75 Å². The van der Waals surface area contributed by atoms with Gasteiger partial charge in [0, 0.05) is 20.4 Å². The lowest BCUT2D eigenvalue weighted by Gasteiger charge is -2.12. The van der Waals surface area contributed by atoms with Crippen molar-refractivity contribution >= 4 is 57.5 Å². The van der Waals surface area contributed by atoms with Gasteiger partial charge in [-0.15, -0.1) is 34.4 Å². The van der Waals surface area contributed by atoms with Gasteiger partial charge >= 0.3 is 5.97 Å². The van der Waals surface area contributed by atoms with Gasteiger partial charge in [0.25, 0.3) is 0 Å². The zero-order chi connectivity index (χ0) is 31.9. The van der Waals surface area contributed by atoms with Gasteiger partial charge in [-0.2, -0.15) is 0 Å². The molecule has 2 aromatic heterocycles. The van der Waals surface area contributed by atoms with Crippen LogP contribution in [0, 0.1) is 0 Å². The fraction of sp³-hybridized carbons (Fsp3) is 0.162. The zero-order valence-electron chi connectivity index (χ0n) is 25.2. The van der Waals surface area contributed by atoms with Crippen molar-refractivity contribution in [3.63, 3.8) is 0 Å². The molecule has 0 spiro atoms. The molecule has 0 aliphatic heterocycles. The Hall–Kier alpha value is -4.24. The Morgan fingerprint density at radius 3 is 1.73 bits per heavy atom. The minimum atomic E-state index is -0.998. The average molecular weight is 653 g/mol. The molecule has 0 saturated heterocycles. The summed E-state index contributed by atoms with van der Waals surface area (Å²) in [6.45, 7) is 4.84. The highest BCUT2D eigenvalue weighted by atomic mass is 32.2. The van der Waals surface area contributed by atoms with Gasteiger partial charge in [-0.05, 0) is 96.1 Å². The summed E-state index contributed by atoms with van der Waals surface area (Å²) in [4.78, 5) is 39.3. The number of carbonyl (C=O) groups excluding carboxylic acids is 2. The van der Waals surface area contributed by atoms with Crippen LogP contribution in [0.4, 0.5) is 0 Å². The fourth-order valence-corrected chi connectivity index (χ4v) is 7.46. The molecule has 0 fully saturated rings. The van der Waals surface area contributed by atoms with Crippen molar-refractivity contribution in [1.29, 1.82) is 0 Å². The van der Waals surface area contributed by atoms with Crippen LogP contribution in [0.1, 0.15) is 56.8 Å². The van der Waals surface area contributed by atoms with E-state index in [1.54, 1.807) is 25.6 Å². The van der Waals surface area contributed by atoms with Crippen LogP contribution in [0.25, 0.3) is 26.5 Å². The molecule has 0 bridgehead atoms. The summed E-state index contributed by atoms with van der Waals surface area (Å²) in [5, 5.41) is 8.98. The van der Waals surface area contributed by atoms with E-state index in [9.17, 15) is 14.4 Å². The van der Waals surface area contributed by atoms with E-state index in [2.05, 4.69) is 60.7 Å². The number of hydrogen-bond acceptors (Lipinski definition) is 7. The van der Waals surface area contributed by atoms with Gasteiger partial charge in [0.05, 0.1) is 9.75 Å². The molecular formula is C37H32O5S3. The van der Waals surface area contributed by atoms with Crippen molar-refractivity contribution in [3.8, 4) is 26.6 Å². The second-order valence-electron chi connectivity index (χ2n) is 10.3. The van der Waals surface area contributed by atoms with Gasteiger partial charge in [0.15, 0.2) is 18.2 Å². The molecule has 5 nitrogen and oxygen atoms in total. The fourth-order valence-electron chi connectivity index (χ4n) is 4.82. The number of thiophene rings is 2. The summed E-state index contributed by atoms with van der Waals surface area (Å²) >= 11 is 4.71. The van der Waals surface area contributed by atoms with Crippen molar-refractivity contribution in [2.75, 3.05) is 12.4 Å². The summed E-state index contributed by atoms with van der Waals surface area (Å²) in [5.74, 6) is 0.465. The zero-order valence-corrected chi connectivity index (χ0v) is 27.6. The summed E-state index contributed by atoms with van der Waals surface area (Å²) in [6.07, 6.45) is 2.96. The minimum absolute atomic E-state index is 0.0718. The molecule has 0 atom stereocenters. The number of rotatable bonds is 13. The summed E-state index contributed by atoms with van der Waals surface area (Å²) < 4.78 is 5.46. The Bertz CT molecular complexity index is 1760. The number of aliphatic carboxylic acids is 1. The molecule has 0 amide bonds. The molecule has 0 saturated carbocycles. The molecule has 0 aliphatic carbocycles. The normalized spacial score (nSPS) is 10.8. The Morgan fingerprint density at radius 1 is 0.756 bits per heavy atom. The first-order valence-electron chi connectivity index (χ1n) is 14.5. The maximum atomic E-state index is 11.8. The number of hydrogen-bond donors (Lipinski definition) is 1. The predicted octanol–water partition coefficient (Wildman–Crippen LogP) is 9.80. The van der Waals surface area contributed by atoms with E-state index < -0.39 is 5.97 Å². The number of aryl methyl sites for hydroxylation is 1. The van der Waals surface area contributed by atoms with Crippen molar-refractivity contribution in [3.05, 3.63) is 124 Å². The summed E-state index contributed by atoms with van der Waals surface area (Å²) in [7, 11) is 0. The van der Waals surface area contributed by atoms with Gasteiger partial charge in [-0.1, -0.05) is 61.5 Å². The van der Waals surface area contributed by atoms with Crippen LogP contribution in [0.3, 0.4) is 0 Å². The van der Waals surface area contributed by atoms with Crippen LogP contribution >= 0.6 is 34.4 Å². The van der Waals surface area contributed by atoms with Crippen LogP contribution in [0.5, 0.6) is 5.75 Å². The number of Topliss-reactive ketones (excluding diaryl/α,β-unsaturated/α-hetero) is 2. The van der Waals surface area contributed by atoms with Crippen LogP contribution in [0.15, 0.2) is 102 Å². The largest absolute Gasteiger partial charge is 0.482 e. The number of benzene rings is 3. The highest BCUT2D eigenvalue weighted by Gasteiger charge is 2.12. The molecule has 5 aromatic rings. The molecule has 3 aromatic carbocycles. The number of ketones is 2. The lowest BCUT2D eigenvalue weighted by Crippen LogP contribution is -2.10. The lowest BCUT2D eigenvalue weighted by atomic mass is 9.95. The Labute approximate surface area is 275 Å². The van der Waals surface area contributed by atoms with Crippen molar-refractivity contribution in [1.82, 2.24) is 0 Å². The van der Waals surface area contributed by atoms with Gasteiger partial charge in [-0.3, -0.25) is 9.59 Å². The van der Waals surface area contributed by atoms with Crippen LogP contribution in [-0.2, 0) is 11.2 Å². The van der Waals surface area contributed by atoms with E-state index in [-0.39, 0.29) is 18.2 Å².